The van der Waals surface area contributed by atoms with Crippen LogP contribution >= 0.6 is 0 Å². The van der Waals surface area contributed by atoms with Crippen molar-refractivity contribution in [1.29, 1.82) is 0 Å². The number of nitrogens with two attached hydrogens (primary N) is 1. The van der Waals surface area contributed by atoms with Gasteiger partial charge in [-0.25, -0.2) is 0 Å². The van der Waals surface area contributed by atoms with Crippen LogP contribution in [0.3, 0.4) is 0 Å². The highest BCUT2D eigenvalue weighted by atomic mass is 14.6. The minimum atomic E-state index is 0.379. The topological polar surface area (TPSA) is 26.0 Å². The van der Waals surface area contributed by atoms with E-state index in [1.807, 2.05) is 0 Å². The largest absolute Gasteiger partial charge is 0.328 e. The summed E-state index contributed by atoms with van der Waals surface area (Å²) in [6.45, 7) is 4.39. The second-order valence-electron chi connectivity index (χ2n) is 4.37. The lowest BCUT2D eigenvalue weighted by molar-refractivity contribution is 0.541. The Morgan fingerprint density at radius 2 is 1.93 bits per heavy atom. The number of rotatable bonds is 6. The predicted molar refractivity (Wildman–Crippen MR) is 67.0 cm³/mol. The number of hydrogen-bond acceptors (Lipinski definition) is 1. The molecule has 0 heterocycles. The Kier molecular flexibility index (Phi) is 5.41. The molecule has 1 aromatic carbocycles. The SMILES string of the molecule is CCCCC(N)CCc1ccccc1C. The van der Waals surface area contributed by atoms with Gasteiger partial charge in [0, 0.05) is 6.04 Å². The van der Waals surface area contributed by atoms with E-state index in [1.54, 1.807) is 0 Å². The summed E-state index contributed by atoms with van der Waals surface area (Å²) < 4.78 is 0. The molecule has 0 aliphatic rings. The average Bonchev–Trinajstić information content (AvgIpc) is 2.25. The third-order valence-corrected chi connectivity index (χ3v) is 2.97. The van der Waals surface area contributed by atoms with Crippen LogP contribution in [0.4, 0.5) is 0 Å². The molecule has 0 spiro atoms. The van der Waals surface area contributed by atoms with Gasteiger partial charge in [0.25, 0.3) is 0 Å². The normalized spacial score (nSPS) is 12.7. The van der Waals surface area contributed by atoms with Gasteiger partial charge in [0.15, 0.2) is 0 Å². The van der Waals surface area contributed by atoms with Crippen LogP contribution < -0.4 is 5.73 Å². The smallest absolute Gasteiger partial charge is 0.00419 e. The number of unbranched alkanes of at least 4 members (excludes halogenated alkanes) is 1. The molecule has 2 N–H and O–H groups in total. The van der Waals surface area contributed by atoms with Crippen LogP contribution in [0.2, 0.25) is 0 Å². The summed E-state index contributed by atoms with van der Waals surface area (Å²) in [4.78, 5) is 0. The van der Waals surface area contributed by atoms with Crippen LogP contribution in [0.15, 0.2) is 24.3 Å². The molecule has 0 bridgehead atoms. The highest BCUT2D eigenvalue weighted by Crippen LogP contribution is 2.12. The van der Waals surface area contributed by atoms with Crippen molar-refractivity contribution < 1.29 is 0 Å². The van der Waals surface area contributed by atoms with Crippen molar-refractivity contribution in [2.45, 2.75) is 52.0 Å². The standard InChI is InChI=1S/C14H23N/c1-3-4-9-14(15)11-10-13-8-6-5-7-12(13)2/h5-8,14H,3-4,9-11,15H2,1-2H3. The van der Waals surface area contributed by atoms with Crippen molar-refractivity contribution in [1.82, 2.24) is 0 Å². The monoisotopic (exact) mass is 205 g/mol. The first-order valence-electron chi connectivity index (χ1n) is 6.04. The van der Waals surface area contributed by atoms with Crippen molar-refractivity contribution in [2.75, 3.05) is 0 Å². The molecule has 1 rings (SSSR count). The van der Waals surface area contributed by atoms with Crippen molar-refractivity contribution in [2.24, 2.45) is 5.73 Å². The van der Waals surface area contributed by atoms with E-state index in [-0.39, 0.29) is 0 Å². The second-order valence-corrected chi connectivity index (χ2v) is 4.37. The second kappa shape index (κ2) is 6.62. The molecule has 0 amide bonds. The molecule has 1 atom stereocenters. The van der Waals surface area contributed by atoms with Crippen molar-refractivity contribution in [3.63, 3.8) is 0 Å². The summed E-state index contributed by atoms with van der Waals surface area (Å²) in [5.74, 6) is 0. The quantitative estimate of drug-likeness (QED) is 0.756. The lowest BCUT2D eigenvalue weighted by Crippen LogP contribution is -2.20. The molecule has 1 aromatic rings. The average molecular weight is 205 g/mol. The van der Waals surface area contributed by atoms with Crippen LogP contribution in [0, 0.1) is 6.92 Å². The van der Waals surface area contributed by atoms with Gasteiger partial charge < -0.3 is 5.73 Å². The minimum Gasteiger partial charge on any atom is -0.328 e. The first kappa shape index (κ1) is 12.3. The fraction of sp³-hybridized carbons (Fsp3) is 0.571. The van der Waals surface area contributed by atoms with Gasteiger partial charge in [0.2, 0.25) is 0 Å². The summed E-state index contributed by atoms with van der Waals surface area (Å²) >= 11 is 0. The van der Waals surface area contributed by atoms with E-state index < -0.39 is 0 Å². The Hall–Kier alpha value is -0.820. The molecule has 1 heteroatoms. The van der Waals surface area contributed by atoms with Gasteiger partial charge in [-0.15, -0.1) is 0 Å². The molecular formula is C14H23N. The summed E-state index contributed by atoms with van der Waals surface area (Å²) in [5, 5.41) is 0. The van der Waals surface area contributed by atoms with E-state index in [2.05, 4.69) is 38.1 Å². The maximum atomic E-state index is 6.06. The van der Waals surface area contributed by atoms with E-state index in [0.29, 0.717) is 6.04 Å². The number of hydrogen-bond donors (Lipinski definition) is 1. The Labute approximate surface area is 93.7 Å². The highest BCUT2D eigenvalue weighted by molar-refractivity contribution is 5.25. The zero-order valence-corrected chi connectivity index (χ0v) is 10.00. The van der Waals surface area contributed by atoms with Gasteiger partial charge in [-0.1, -0.05) is 44.0 Å². The lowest BCUT2D eigenvalue weighted by Gasteiger charge is -2.11. The van der Waals surface area contributed by atoms with Crippen LogP contribution in [-0.4, -0.2) is 6.04 Å². The predicted octanol–water partition coefficient (Wildman–Crippen LogP) is 3.45. The van der Waals surface area contributed by atoms with Gasteiger partial charge in [0.1, 0.15) is 0 Å². The molecule has 0 aliphatic carbocycles. The molecule has 1 unspecified atom stereocenters. The van der Waals surface area contributed by atoms with E-state index in [1.165, 1.54) is 30.4 Å². The summed E-state index contributed by atoms with van der Waals surface area (Å²) in [6.07, 6.45) is 5.91. The van der Waals surface area contributed by atoms with Crippen LogP contribution in [0.5, 0.6) is 0 Å². The number of benzene rings is 1. The minimum absolute atomic E-state index is 0.379. The van der Waals surface area contributed by atoms with Gasteiger partial charge in [0.05, 0.1) is 0 Å². The Balaban J connectivity index is 2.33. The Morgan fingerprint density at radius 3 is 2.60 bits per heavy atom. The molecule has 1 nitrogen and oxygen atoms in total. The summed E-state index contributed by atoms with van der Waals surface area (Å²) in [6, 6.07) is 8.97. The molecule has 0 aliphatic heterocycles. The fourth-order valence-electron chi connectivity index (χ4n) is 1.84. The molecule has 0 radical (unpaired) electrons. The van der Waals surface area contributed by atoms with E-state index in [0.717, 1.165) is 12.8 Å². The van der Waals surface area contributed by atoms with Gasteiger partial charge in [-0.05, 0) is 37.3 Å². The van der Waals surface area contributed by atoms with E-state index in [4.69, 9.17) is 5.73 Å². The number of aryl methyl sites for hydroxylation is 2. The van der Waals surface area contributed by atoms with E-state index in [9.17, 15) is 0 Å². The van der Waals surface area contributed by atoms with Gasteiger partial charge in [-0.3, -0.25) is 0 Å². The first-order chi connectivity index (χ1) is 7.24. The van der Waals surface area contributed by atoms with Crippen molar-refractivity contribution in [3.8, 4) is 0 Å². The lowest BCUT2D eigenvalue weighted by atomic mass is 9.99. The van der Waals surface area contributed by atoms with Crippen LogP contribution in [0.1, 0.15) is 43.7 Å². The van der Waals surface area contributed by atoms with Gasteiger partial charge in [-0.2, -0.15) is 0 Å². The fourth-order valence-corrected chi connectivity index (χ4v) is 1.84. The highest BCUT2D eigenvalue weighted by Gasteiger charge is 2.03. The zero-order valence-electron chi connectivity index (χ0n) is 10.00. The summed E-state index contributed by atoms with van der Waals surface area (Å²) in [7, 11) is 0. The molecule has 15 heavy (non-hydrogen) atoms. The first-order valence-corrected chi connectivity index (χ1v) is 6.04. The molecular weight excluding hydrogens is 182 g/mol. The van der Waals surface area contributed by atoms with E-state index >= 15 is 0 Å². The molecule has 0 aromatic heterocycles. The van der Waals surface area contributed by atoms with Crippen molar-refractivity contribution >= 4 is 0 Å². The zero-order chi connectivity index (χ0) is 11.1. The summed E-state index contributed by atoms with van der Waals surface area (Å²) in [5.41, 5.74) is 8.90. The molecule has 0 fully saturated rings. The maximum Gasteiger partial charge on any atom is 0.00419 e. The molecule has 0 saturated carbocycles. The molecule has 0 saturated heterocycles. The molecule has 84 valence electrons. The van der Waals surface area contributed by atoms with Gasteiger partial charge >= 0.3 is 0 Å². The Bertz CT molecular complexity index is 280. The Morgan fingerprint density at radius 1 is 1.20 bits per heavy atom. The van der Waals surface area contributed by atoms with Crippen molar-refractivity contribution in [3.05, 3.63) is 35.4 Å². The third-order valence-electron chi connectivity index (χ3n) is 2.97. The van der Waals surface area contributed by atoms with Crippen LogP contribution in [-0.2, 0) is 6.42 Å². The third kappa shape index (κ3) is 4.48. The maximum absolute atomic E-state index is 6.06. The van der Waals surface area contributed by atoms with Crippen LogP contribution in [0.25, 0.3) is 0 Å².